The van der Waals surface area contributed by atoms with Gasteiger partial charge in [0.05, 0.1) is 10.9 Å². The molecule has 0 amide bonds. The standard InChI is InChI=1S/C13H14BrClFN3/c1-13(2,3)19-11(7-14)17-18-12(19)9-5-4-8(15)6-10(9)16/h4-6H,7H2,1-3H3. The molecule has 0 aliphatic rings. The van der Waals surface area contributed by atoms with Crippen molar-refractivity contribution in [3.05, 3.63) is 34.9 Å². The molecule has 0 atom stereocenters. The van der Waals surface area contributed by atoms with Gasteiger partial charge in [0.25, 0.3) is 0 Å². The van der Waals surface area contributed by atoms with E-state index in [1.807, 2.05) is 25.3 Å². The Labute approximate surface area is 124 Å². The highest BCUT2D eigenvalue weighted by atomic mass is 79.9. The predicted octanol–water partition coefficient (Wildman–Crippen LogP) is 4.39. The number of benzene rings is 1. The van der Waals surface area contributed by atoms with E-state index in [0.29, 0.717) is 21.7 Å². The van der Waals surface area contributed by atoms with E-state index < -0.39 is 5.82 Å². The molecule has 0 radical (unpaired) electrons. The van der Waals surface area contributed by atoms with Gasteiger partial charge in [-0.1, -0.05) is 27.5 Å². The van der Waals surface area contributed by atoms with E-state index in [0.717, 1.165) is 5.82 Å². The molecule has 1 heterocycles. The molecule has 19 heavy (non-hydrogen) atoms. The molecule has 3 nitrogen and oxygen atoms in total. The summed E-state index contributed by atoms with van der Waals surface area (Å²) in [6.07, 6.45) is 0. The van der Waals surface area contributed by atoms with E-state index >= 15 is 0 Å². The summed E-state index contributed by atoms with van der Waals surface area (Å²) in [5.41, 5.74) is 0.160. The number of nitrogens with zero attached hydrogens (tertiary/aromatic N) is 3. The highest BCUT2D eigenvalue weighted by Gasteiger charge is 2.24. The first-order chi connectivity index (χ1) is 8.84. The average Bonchev–Trinajstić information content (AvgIpc) is 2.72. The fourth-order valence-corrected chi connectivity index (χ4v) is 2.47. The molecular weight excluding hydrogens is 333 g/mol. The van der Waals surface area contributed by atoms with Crippen LogP contribution in [0.3, 0.4) is 0 Å². The van der Waals surface area contributed by atoms with Crippen molar-refractivity contribution in [3.8, 4) is 11.4 Å². The van der Waals surface area contributed by atoms with Gasteiger partial charge in [-0.3, -0.25) is 0 Å². The largest absolute Gasteiger partial charge is 0.305 e. The number of hydrogen-bond acceptors (Lipinski definition) is 2. The monoisotopic (exact) mass is 345 g/mol. The maximum atomic E-state index is 14.0. The molecule has 1 aromatic carbocycles. The number of alkyl halides is 1. The van der Waals surface area contributed by atoms with Gasteiger partial charge < -0.3 is 4.57 Å². The van der Waals surface area contributed by atoms with Gasteiger partial charge in [-0.05, 0) is 39.0 Å². The lowest BCUT2D eigenvalue weighted by Gasteiger charge is -2.24. The van der Waals surface area contributed by atoms with Crippen molar-refractivity contribution in [1.82, 2.24) is 14.8 Å². The second-order valence-corrected chi connectivity index (χ2v) is 6.20. The second kappa shape index (κ2) is 5.21. The summed E-state index contributed by atoms with van der Waals surface area (Å²) in [6.45, 7) is 6.08. The highest BCUT2D eigenvalue weighted by Crippen LogP contribution is 2.29. The molecule has 0 N–H and O–H groups in total. The lowest BCUT2D eigenvalue weighted by molar-refractivity contribution is 0.390. The molecule has 0 saturated carbocycles. The van der Waals surface area contributed by atoms with Crippen LogP contribution in [-0.4, -0.2) is 14.8 Å². The summed E-state index contributed by atoms with van der Waals surface area (Å²) in [5.74, 6) is 0.875. The van der Waals surface area contributed by atoms with E-state index in [1.54, 1.807) is 12.1 Å². The summed E-state index contributed by atoms with van der Waals surface area (Å²) in [4.78, 5) is 0. The first kappa shape index (κ1) is 14.5. The zero-order chi connectivity index (χ0) is 14.2. The first-order valence-corrected chi connectivity index (χ1v) is 7.30. The first-order valence-electron chi connectivity index (χ1n) is 5.80. The minimum absolute atomic E-state index is 0.242. The van der Waals surface area contributed by atoms with Gasteiger partial charge in [0.2, 0.25) is 0 Å². The Bertz CT molecular complexity index is 604. The van der Waals surface area contributed by atoms with Crippen molar-refractivity contribution < 1.29 is 4.39 Å². The van der Waals surface area contributed by atoms with Crippen LogP contribution in [0.4, 0.5) is 4.39 Å². The molecular formula is C13H14BrClFN3. The summed E-state index contributed by atoms with van der Waals surface area (Å²) in [5, 5.41) is 9.15. The van der Waals surface area contributed by atoms with E-state index in [1.165, 1.54) is 6.07 Å². The number of hydrogen-bond donors (Lipinski definition) is 0. The van der Waals surface area contributed by atoms with Crippen LogP contribution in [0, 0.1) is 5.82 Å². The third-order valence-electron chi connectivity index (χ3n) is 2.69. The Kier molecular flexibility index (Phi) is 3.97. The van der Waals surface area contributed by atoms with Crippen molar-refractivity contribution in [3.63, 3.8) is 0 Å². The van der Waals surface area contributed by atoms with Crippen LogP contribution in [0.15, 0.2) is 18.2 Å². The van der Waals surface area contributed by atoms with Crippen LogP contribution < -0.4 is 0 Å². The van der Waals surface area contributed by atoms with Crippen LogP contribution in [0.25, 0.3) is 11.4 Å². The number of aromatic nitrogens is 3. The minimum Gasteiger partial charge on any atom is -0.305 e. The van der Waals surface area contributed by atoms with Crippen LogP contribution in [0.1, 0.15) is 26.6 Å². The summed E-state index contributed by atoms with van der Waals surface area (Å²) in [6, 6.07) is 4.56. The summed E-state index contributed by atoms with van der Waals surface area (Å²) in [7, 11) is 0. The Balaban J connectivity index is 2.66. The van der Waals surface area contributed by atoms with E-state index in [-0.39, 0.29) is 5.54 Å². The lowest BCUT2D eigenvalue weighted by atomic mass is 10.1. The van der Waals surface area contributed by atoms with Crippen molar-refractivity contribution in [2.24, 2.45) is 0 Å². The zero-order valence-corrected chi connectivity index (χ0v) is 13.3. The highest BCUT2D eigenvalue weighted by molar-refractivity contribution is 9.08. The van der Waals surface area contributed by atoms with Gasteiger partial charge in [-0.25, -0.2) is 4.39 Å². The topological polar surface area (TPSA) is 30.7 Å². The normalized spacial score (nSPS) is 11.9. The molecule has 0 fully saturated rings. The molecule has 0 spiro atoms. The molecule has 0 aliphatic carbocycles. The third kappa shape index (κ3) is 2.82. The van der Waals surface area contributed by atoms with Gasteiger partial charge in [0.1, 0.15) is 11.6 Å². The Hall–Kier alpha value is -0.940. The van der Waals surface area contributed by atoms with Crippen LogP contribution >= 0.6 is 27.5 Å². The third-order valence-corrected chi connectivity index (χ3v) is 3.43. The van der Waals surface area contributed by atoms with Gasteiger partial charge in [-0.15, -0.1) is 10.2 Å². The van der Waals surface area contributed by atoms with Crippen LogP contribution in [0.5, 0.6) is 0 Å². The smallest absolute Gasteiger partial charge is 0.167 e. The Morgan fingerprint density at radius 3 is 2.53 bits per heavy atom. The van der Waals surface area contributed by atoms with Crippen molar-refractivity contribution in [1.29, 1.82) is 0 Å². The zero-order valence-electron chi connectivity index (χ0n) is 10.9. The van der Waals surface area contributed by atoms with Crippen molar-refractivity contribution in [2.75, 3.05) is 0 Å². The molecule has 2 aromatic rings. The molecule has 1 aromatic heterocycles. The van der Waals surface area contributed by atoms with Gasteiger partial charge in [-0.2, -0.15) is 0 Å². The molecule has 102 valence electrons. The lowest BCUT2D eigenvalue weighted by Crippen LogP contribution is -2.25. The maximum Gasteiger partial charge on any atom is 0.167 e. The minimum atomic E-state index is -0.397. The molecule has 0 bridgehead atoms. The molecule has 2 rings (SSSR count). The quantitative estimate of drug-likeness (QED) is 0.755. The van der Waals surface area contributed by atoms with E-state index in [2.05, 4.69) is 26.1 Å². The fourth-order valence-electron chi connectivity index (χ4n) is 1.95. The summed E-state index contributed by atoms with van der Waals surface area (Å²) >= 11 is 9.15. The van der Waals surface area contributed by atoms with E-state index in [9.17, 15) is 4.39 Å². The molecule has 0 saturated heterocycles. The van der Waals surface area contributed by atoms with Gasteiger partial charge >= 0.3 is 0 Å². The fraction of sp³-hybridized carbons (Fsp3) is 0.385. The predicted molar refractivity (Wildman–Crippen MR) is 78.1 cm³/mol. The van der Waals surface area contributed by atoms with Gasteiger partial charge in [0, 0.05) is 10.6 Å². The van der Waals surface area contributed by atoms with Gasteiger partial charge in [0.15, 0.2) is 5.82 Å². The van der Waals surface area contributed by atoms with Crippen LogP contribution in [-0.2, 0) is 10.9 Å². The Morgan fingerprint density at radius 1 is 1.32 bits per heavy atom. The molecule has 6 heteroatoms. The van der Waals surface area contributed by atoms with Crippen molar-refractivity contribution in [2.45, 2.75) is 31.6 Å². The second-order valence-electron chi connectivity index (χ2n) is 5.20. The number of rotatable bonds is 2. The molecule has 0 unspecified atom stereocenters. The molecule has 0 aliphatic heterocycles. The van der Waals surface area contributed by atoms with Crippen molar-refractivity contribution >= 4 is 27.5 Å². The average molecular weight is 347 g/mol. The Morgan fingerprint density at radius 2 is 2.00 bits per heavy atom. The number of halogens is 3. The van der Waals surface area contributed by atoms with Crippen LogP contribution in [0.2, 0.25) is 5.02 Å². The SMILES string of the molecule is CC(C)(C)n1c(CBr)nnc1-c1ccc(Cl)cc1F. The van der Waals surface area contributed by atoms with E-state index in [4.69, 9.17) is 11.6 Å². The maximum absolute atomic E-state index is 14.0. The summed E-state index contributed by atoms with van der Waals surface area (Å²) < 4.78 is 16.0.